The Morgan fingerprint density at radius 3 is 2.48 bits per heavy atom. The Morgan fingerprint density at radius 2 is 1.95 bits per heavy atom. The lowest BCUT2D eigenvalue weighted by molar-refractivity contribution is -0.105. The van der Waals surface area contributed by atoms with Crippen molar-refractivity contribution in [3.8, 4) is 5.69 Å². The van der Waals surface area contributed by atoms with Crippen LogP contribution in [0.1, 0.15) is 5.56 Å². The van der Waals surface area contributed by atoms with Crippen molar-refractivity contribution in [2.24, 2.45) is 7.05 Å². The van der Waals surface area contributed by atoms with E-state index < -0.39 is 23.4 Å². The highest BCUT2D eigenvalue weighted by Crippen LogP contribution is 2.31. The van der Waals surface area contributed by atoms with Crippen LogP contribution in [0, 0.1) is 12.7 Å². The minimum Gasteiger partial charge on any atom is -0.244 e. The highest BCUT2D eigenvalue weighted by molar-refractivity contribution is 7.99. The minimum atomic E-state index is -4.34. The van der Waals surface area contributed by atoms with E-state index in [1.165, 1.54) is 14.0 Å². The topological polar surface area (TPSA) is 52.7 Å². The summed E-state index contributed by atoms with van der Waals surface area (Å²) in [5.41, 5.74) is -0.574. The molecule has 21 heavy (non-hydrogen) atoms. The first-order chi connectivity index (χ1) is 9.69. The van der Waals surface area contributed by atoms with E-state index in [0.717, 1.165) is 16.8 Å². The normalized spacial score (nSPS) is 11.9. The Balaban J connectivity index is 2.44. The number of nitrogens with zero attached hydrogens (tertiary/aromatic N) is 4. The van der Waals surface area contributed by atoms with Crippen LogP contribution in [0.3, 0.4) is 0 Å². The molecule has 2 aromatic rings. The van der Waals surface area contributed by atoms with Crippen molar-refractivity contribution >= 4 is 11.8 Å². The number of thioether (sulfide) groups is 1. The molecule has 0 saturated heterocycles. The lowest BCUT2D eigenvalue weighted by Gasteiger charge is -2.10. The molecule has 2 rings (SSSR count). The van der Waals surface area contributed by atoms with E-state index in [4.69, 9.17) is 0 Å². The van der Waals surface area contributed by atoms with Crippen LogP contribution in [0.2, 0.25) is 0 Å². The number of alkyl halides is 3. The van der Waals surface area contributed by atoms with Crippen molar-refractivity contribution < 1.29 is 17.6 Å². The fraction of sp³-hybridized carbons (Fsp3) is 0.364. The van der Waals surface area contributed by atoms with Crippen LogP contribution in [-0.2, 0) is 7.05 Å². The van der Waals surface area contributed by atoms with E-state index in [1.807, 2.05) is 0 Å². The molecule has 0 saturated carbocycles. The summed E-state index contributed by atoms with van der Waals surface area (Å²) in [6.45, 7) is 1.49. The number of halogens is 4. The maximum absolute atomic E-state index is 13.9. The van der Waals surface area contributed by atoms with Gasteiger partial charge in [-0.3, -0.25) is 0 Å². The summed E-state index contributed by atoms with van der Waals surface area (Å²) in [5, 5.41) is 6.91. The molecular formula is C11H10F4N4OS. The van der Waals surface area contributed by atoms with Gasteiger partial charge in [-0.25, -0.2) is 9.18 Å². The van der Waals surface area contributed by atoms with Crippen molar-refractivity contribution in [1.82, 2.24) is 19.8 Å². The zero-order chi connectivity index (χ0) is 15.8. The van der Waals surface area contributed by atoms with Crippen LogP contribution in [0.25, 0.3) is 5.69 Å². The van der Waals surface area contributed by atoms with E-state index in [9.17, 15) is 22.4 Å². The molecule has 5 nitrogen and oxygen atoms in total. The summed E-state index contributed by atoms with van der Waals surface area (Å²) in [4.78, 5) is 11.9. The monoisotopic (exact) mass is 322 g/mol. The van der Waals surface area contributed by atoms with Gasteiger partial charge in [0.25, 0.3) is 0 Å². The molecule has 0 unspecified atom stereocenters. The molecule has 1 heterocycles. The van der Waals surface area contributed by atoms with Gasteiger partial charge in [-0.2, -0.15) is 22.5 Å². The van der Waals surface area contributed by atoms with E-state index in [1.54, 1.807) is 0 Å². The molecule has 0 atom stereocenters. The molecular weight excluding hydrogens is 312 g/mol. The van der Waals surface area contributed by atoms with E-state index in [-0.39, 0.29) is 10.6 Å². The molecule has 0 bridgehead atoms. The number of aromatic nitrogens is 4. The van der Waals surface area contributed by atoms with E-state index >= 15 is 0 Å². The van der Waals surface area contributed by atoms with E-state index in [0.29, 0.717) is 22.0 Å². The van der Waals surface area contributed by atoms with Crippen LogP contribution < -0.4 is 5.69 Å². The second kappa shape index (κ2) is 5.51. The predicted octanol–water partition coefficient (Wildman–Crippen LogP) is 2.07. The van der Waals surface area contributed by atoms with Gasteiger partial charge in [0, 0.05) is 11.9 Å². The molecule has 0 aliphatic heterocycles. The molecule has 0 amide bonds. The SMILES string of the molecule is Cc1cc(F)c(-n2nnn(C)c2=O)cc1SCC(F)(F)F. The molecule has 10 heteroatoms. The average Bonchev–Trinajstić information content (AvgIpc) is 2.68. The van der Waals surface area contributed by atoms with E-state index in [2.05, 4.69) is 10.4 Å². The quantitative estimate of drug-likeness (QED) is 0.641. The number of benzene rings is 1. The van der Waals surface area contributed by atoms with Gasteiger partial charge in [0.05, 0.1) is 5.75 Å². The van der Waals surface area contributed by atoms with Crippen LogP contribution in [-0.4, -0.2) is 31.7 Å². The highest BCUT2D eigenvalue weighted by Gasteiger charge is 2.28. The molecule has 0 spiro atoms. The van der Waals surface area contributed by atoms with Crippen molar-refractivity contribution in [3.63, 3.8) is 0 Å². The zero-order valence-corrected chi connectivity index (χ0v) is 11.8. The Hall–Kier alpha value is -1.84. The van der Waals surface area contributed by atoms with Crippen LogP contribution in [0.15, 0.2) is 21.8 Å². The Morgan fingerprint density at radius 1 is 1.29 bits per heavy atom. The minimum absolute atomic E-state index is 0.223. The second-order valence-electron chi connectivity index (χ2n) is 4.27. The predicted molar refractivity (Wildman–Crippen MR) is 68.1 cm³/mol. The number of hydrogen-bond acceptors (Lipinski definition) is 4. The third kappa shape index (κ3) is 3.43. The molecule has 0 N–H and O–H groups in total. The van der Waals surface area contributed by atoms with Crippen molar-refractivity contribution in [3.05, 3.63) is 34.0 Å². The fourth-order valence-corrected chi connectivity index (χ4v) is 2.39. The number of tetrazole rings is 1. The third-order valence-corrected chi connectivity index (χ3v) is 3.81. The summed E-state index contributed by atoms with van der Waals surface area (Å²) in [6.07, 6.45) is -4.34. The second-order valence-corrected chi connectivity index (χ2v) is 5.29. The number of aryl methyl sites for hydroxylation is 2. The molecule has 0 fully saturated rings. The van der Waals surface area contributed by atoms with Gasteiger partial charge in [-0.05, 0) is 35.0 Å². The van der Waals surface area contributed by atoms with Crippen molar-refractivity contribution in [1.29, 1.82) is 0 Å². The molecule has 114 valence electrons. The fourth-order valence-electron chi connectivity index (χ4n) is 1.58. The van der Waals surface area contributed by atoms with Crippen LogP contribution >= 0.6 is 11.8 Å². The van der Waals surface area contributed by atoms with Crippen molar-refractivity contribution in [2.75, 3.05) is 5.75 Å². The third-order valence-electron chi connectivity index (χ3n) is 2.59. The first-order valence-electron chi connectivity index (χ1n) is 5.68. The Bertz CT molecular complexity index is 722. The summed E-state index contributed by atoms with van der Waals surface area (Å²) in [7, 11) is 1.33. The van der Waals surface area contributed by atoms with Crippen LogP contribution in [0.5, 0.6) is 0 Å². The van der Waals surface area contributed by atoms with Gasteiger partial charge < -0.3 is 0 Å². The lowest BCUT2D eigenvalue weighted by Crippen LogP contribution is -2.22. The summed E-state index contributed by atoms with van der Waals surface area (Å²) in [5.74, 6) is -1.86. The molecule has 1 aromatic heterocycles. The standard InChI is InChI=1S/C11H10F4N4OS/c1-6-3-7(12)8(19-10(20)18(2)16-17-19)4-9(6)21-5-11(13,14)15/h3-4H,5H2,1-2H3. The van der Waals surface area contributed by atoms with Gasteiger partial charge >= 0.3 is 11.9 Å². The van der Waals surface area contributed by atoms with Gasteiger partial charge in [-0.1, -0.05) is 0 Å². The lowest BCUT2D eigenvalue weighted by atomic mass is 10.2. The average molecular weight is 322 g/mol. The maximum Gasteiger partial charge on any atom is 0.398 e. The highest BCUT2D eigenvalue weighted by atomic mass is 32.2. The Labute approximate surface area is 120 Å². The molecule has 0 aliphatic rings. The summed E-state index contributed by atoms with van der Waals surface area (Å²) >= 11 is 0.522. The number of rotatable bonds is 3. The smallest absolute Gasteiger partial charge is 0.244 e. The first kappa shape index (κ1) is 15.5. The Kier molecular flexibility index (Phi) is 4.08. The molecule has 0 radical (unpaired) electrons. The first-order valence-corrected chi connectivity index (χ1v) is 6.66. The largest absolute Gasteiger partial charge is 0.398 e. The maximum atomic E-state index is 13.9. The summed E-state index contributed by atoms with van der Waals surface area (Å²) in [6, 6.07) is 2.23. The van der Waals surface area contributed by atoms with Gasteiger partial charge in [0.2, 0.25) is 0 Å². The van der Waals surface area contributed by atoms with Crippen LogP contribution in [0.4, 0.5) is 17.6 Å². The zero-order valence-electron chi connectivity index (χ0n) is 11.0. The molecule has 1 aromatic carbocycles. The van der Waals surface area contributed by atoms with Crippen molar-refractivity contribution in [2.45, 2.75) is 18.0 Å². The summed E-state index contributed by atoms with van der Waals surface area (Å²) < 4.78 is 52.3. The van der Waals surface area contributed by atoms with Gasteiger partial charge in [0.1, 0.15) is 11.5 Å². The molecule has 0 aliphatic carbocycles. The van der Waals surface area contributed by atoms with Gasteiger partial charge in [-0.15, -0.1) is 11.8 Å². The number of hydrogen-bond donors (Lipinski definition) is 0. The van der Waals surface area contributed by atoms with Gasteiger partial charge in [0.15, 0.2) is 0 Å².